The van der Waals surface area contributed by atoms with Crippen LogP contribution in [0, 0.1) is 0 Å². The molecule has 7 nitrogen and oxygen atoms in total. The van der Waals surface area contributed by atoms with Crippen LogP contribution in [0.5, 0.6) is 0 Å². The molecule has 7 heteroatoms. The molecule has 124 valence electrons. The molecule has 1 unspecified atom stereocenters. The van der Waals surface area contributed by atoms with Crippen molar-refractivity contribution < 1.29 is 18.7 Å². The van der Waals surface area contributed by atoms with E-state index in [2.05, 4.69) is 15.5 Å². The molecule has 24 heavy (non-hydrogen) atoms. The summed E-state index contributed by atoms with van der Waals surface area (Å²) in [7, 11) is 0. The maximum atomic E-state index is 12.2. The van der Waals surface area contributed by atoms with Gasteiger partial charge in [-0.1, -0.05) is 6.07 Å². The molecule has 0 saturated carbocycles. The van der Waals surface area contributed by atoms with Crippen LogP contribution in [0.15, 0.2) is 34.7 Å². The van der Waals surface area contributed by atoms with E-state index >= 15 is 0 Å². The van der Waals surface area contributed by atoms with Crippen LogP contribution in [0.2, 0.25) is 0 Å². The van der Waals surface area contributed by atoms with Gasteiger partial charge in [-0.25, -0.2) is 0 Å². The number of furan rings is 1. The molecule has 0 spiro atoms. The Bertz CT molecular complexity index is 814. The third-order valence-electron chi connectivity index (χ3n) is 4.18. The van der Waals surface area contributed by atoms with Crippen LogP contribution >= 0.6 is 0 Å². The molecular weight excluding hydrogens is 310 g/mol. The van der Waals surface area contributed by atoms with Crippen molar-refractivity contribution >= 4 is 23.3 Å². The van der Waals surface area contributed by atoms with Crippen LogP contribution in [-0.4, -0.2) is 25.0 Å². The van der Waals surface area contributed by atoms with Crippen molar-refractivity contribution in [2.24, 2.45) is 0 Å². The molecule has 1 aromatic carbocycles. The normalized spacial score (nSPS) is 18.5. The van der Waals surface area contributed by atoms with Gasteiger partial charge in [-0.05, 0) is 24.3 Å². The van der Waals surface area contributed by atoms with Crippen LogP contribution in [0.1, 0.15) is 35.0 Å². The lowest BCUT2D eigenvalue weighted by Gasteiger charge is -2.24. The highest BCUT2D eigenvalue weighted by atomic mass is 16.5. The van der Waals surface area contributed by atoms with Crippen LogP contribution in [0.3, 0.4) is 0 Å². The predicted molar refractivity (Wildman–Crippen MR) is 86.7 cm³/mol. The average Bonchev–Trinajstić information content (AvgIpc) is 3.12. The number of hydrogen-bond donors (Lipinski definition) is 2. The lowest BCUT2D eigenvalue weighted by molar-refractivity contribution is -0.142. The Hall–Kier alpha value is -2.96. The first-order valence-electron chi connectivity index (χ1n) is 7.80. The fraction of sp³-hybridized carbons (Fsp3) is 0.294. The number of benzene rings is 1. The zero-order chi connectivity index (χ0) is 16.7. The molecule has 3 heterocycles. The number of para-hydroxylation sites is 1. The first-order valence-corrected chi connectivity index (χ1v) is 7.80. The summed E-state index contributed by atoms with van der Waals surface area (Å²) in [5, 5.41) is 6.31. The number of rotatable bonds is 3. The molecule has 2 aliphatic rings. The molecule has 2 N–H and O–H groups in total. The molecule has 0 aliphatic carbocycles. The Kier molecular flexibility index (Phi) is 3.41. The van der Waals surface area contributed by atoms with Gasteiger partial charge in [0.1, 0.15) is 18.1 Å². The van der Waals surface area contributed by atoms with Crippen molar-refractivity contribution in [2.75, 3.05) is 23.3 Å². The minimum atomic E-state index is -0.346. The van der Waals surface area contributed by atoms with Gasteiger partial charge in [-0.15, -0.1) is 0 Å². The molecule has 2 aliphatic heterocycles. The van der Waals surface area contributed by atoms with Gasteiger partial charge in [0.2, 0.25) is 0 Å². The zero-order valence-electron chi connectivity index (χ0n) is 13.2. The molecule has 0 fully saturated rings. The van der Waals surface area contributed by atoms with E-state index in [1.54, 1.807) is 6.07 Å². The molecule has 0 radical (unpaired) electrons. The van der Waals surface area contributed by atoms with Crippen molar-refractivity contribution in [1.29, 1.82) is 0 Å². The van der Waals surface area contributed by atoms with E-state index in [1.165, 1.54) is 6.92 Å². The van der Waals surface area contributed by atoms with Crippen molar-refractivity contribution in [3.05, 3.63) is 47.4 Å². The fourth-order valence-electron chi connectivity index (χ4n) is 3.15. The number of nitrogens with zero attached hydrogens (tertiary/aromatic N) is 1. The molecule has 1 atom stereocenters. The van der Waals surface area contributed by atoms with E-state index in [1.807, 2.05) is 24.3 Å². The Morgan fingerprint density at radius 1 is 1.38 bits per heavy atom. The summed E-state index contributed by atoms with van der Waals surface area (Å²) in [6.07, 6.45) is -0.195. The first-order chi connectivity index (χ1) is 11.6. The number of hydrogen-bond acceptors (Lipinski definition) is 6. The molecule has 1 aromatic heterocycles. The summed E-state index contributed by atoms with van der Waals surface area (Å²) in [5.74, 6) is 0.892. The zero-order valence-corrected chi connectivity index (χ0v) is 13.2. The summed E-state index contributed by atoms with van der Waals surface area (Å²) >= 11 is 0. The minimum Gasteiger partial charge on any atom is -0.458 e. The maximum absolute atomic E-state index is 12.2. The van der Waals surface area contributed by atoms with Gasteiger partial charge in [-0.3, -0.25) is 9.59 Å². The second-order valence-corrected chi connectivity index (χ2v) is 5.78. The highest BCUT2D eigenvalue weighted by molar-refractivity contribution is 6.04. The Labute approximate surface area is 138 Å². The molecule has 0 saturated heterocycles. The van der Waals surface area contributed by atoms with Gasteiger partial charge in [0, 0.05) is 20.0 Å². The van der Waals surface area contributed by atoms with Gasteiger partial charge in [0.25, 0.3) is 5.91 Å². The summed E-state index contributed by atoms with van der Waals surface area (Å²) in [6, 6.07) is 9.30. The summed E-state index contributed by atoms with van der Waals surface area (Å²) in [5.41, 5.74) is 2.47. The lowest BCUT2D eigenvalue weighted by atomic mass is 10.1. The number of amides is 1. The van der Waals surface area contributed by atoms with Crippen LogP contribution in [0.25, 0.3) is 0 Å². The minimum absolute atomic E-state index is 0.0632. The highest BCUT2D eigenvalue weighted by Crippen LogP contribution is 2.44. The molecule has 1 amide bonds. The van der Waals surface area contributed by atoms with E-state index < -0.39 is 0 Å². The maximum Gasteiger partial charge on any atom is 0.303 e. The van der Waals surface area contributed by atoms with E-state index in [0.717, 1.165) is 11.4 Å². The lowest BCUT2D eigenvalue weighted by Crippen LogP contribution is -2.33. The largest absolute Gasteiger partial charge is 0.458 e. The van der Waals surface area contributed by atoms with Crippen molar-refractivity contribution in [2.45, 2.75) is 19.7 Å². The molecular formula is C17H17N3O4. The molecule has 0 bridgehead atoms. The Morgan fingerprint density at radius 3 is 3.08 bits per heavy atom. The Balaban J connectivity index is 1.64. The van der Waals surface area contributed by atoms with Crippen molar-refractivity contribution in [3.8, 4) is 0 Å². The second-order valence-electron chi connectivity index (χ2n) is 5.78. The average molecular weight is 327 g/mol. The SMILES string of the molecule is CC(=O)OCc1ccc(C2Nc3cccc4c3N2CCNC4=O)o1. The fourth-order valence-corrected chi connectivity index (χ4v) is 3.15. The van der Waals surface area contributed by atoms with Gasteiger partial charge in [0.15, 0.2) is 6.17 Å². The first kappa shape index (κ1) is 14.6. The third kappa shape index (κ3) is 2.38. The van der Waals surface area contributed by atoms with Gasteiger partial charge >= 0.3 is 5.97 Å². The van der Waals surface area contributed by atoms with Crippen LogP contribution in [-0.2, 0) is 16.1 Å². The number of esters is 1. The van der Waals surface area contributed by atoms with E-state index in [4.69, 9.17) is 9.15 Å². The summed E-state index contributed by atoms with van der Waals surface area (Å²) < 4.78 is 10.8. The quantitative estimate of drug-likeness (QED) is 0.839. The smallest absolute Gasteiger partial charge is 0.303 e. The standard InChI is InChI=1S/C17H17N3O4/c1-10(21)23-9-11-5-6-14(24-11)16-19-13-4-2-3-12-15(13)20(16)8-7-18-17(12)22/h2-6,16,19H,7-9H2,1H3,(H,18,22). The van der Waals surface area contributed by atoms with Gasteiger partial charge in [0.05, 0.1) is 16.9 Å². The monoisotopic (exact) mass is 327 g/mol. The molecule has 2 aromatic rings. The van der Waals surface area contributed by atoms with Crippen molar-refractivity contribution in [3.63, 3.8) is 0 Å². The second kappa shape index (κ2) is 5.59. The van der Waals surface area contributed by atoms with E-state index in [-0.39, 0.29) is 24.6 Å². The van der Waals surface area contributed by atoms with E-state index in [9.17, 15) is 9.59 Å². The van der Waals surface area contributed by atoms with Gasteiger partial charge in [-0.2, -0.15) is 0 Å². The molecule has 4 rings (SSSR count). The number of anilines is 2. The predicted octanol–water partition coefficient (Wildman–Crippen LogP) is 2.02. The van der Waals surface area contributed by atoms with Crippen LogP contribution in [0.4, 0.5) is 11.4 Å². The van der Waals surface area contributed by atoms with E-state index in [0.29, 0.717) is 30.2 Å². The third-order valence-corrected chi connectivity index (χ3v) is 4.18. The number of nitrogens with one attached hydrogen (secondary N) is 2. The van der Waals surface area contributed by atoms with Gasteiger partial charge < -0.3 is 24.7 Å². The van der Waals surface area contributed by atoms with Crippen molar-refractivity contribution in [1.82, 2.24) is 5.32 Å². The van der Waals surface area contributed by atoms with Crippen LogP contribution < -0.4 is 15.5 Å². The topological polar surface area (TPSA) is 83.8 Å². The number of ether oxygens (including phenoxy) is 1. The highest BCUT2D eigenvalue weighted by Gasteiger charge is 2.36. The summed E-state index contributed by atoms with van der Waals surface area (Å²) in [4.78, 5) is 25.2. The summed E-state index contributed by atoms with van der Waals surface area (Å²) in [6.45, 7) is 2.71. The number of carbonyl (C=O) groups is 2. The number of carbonyl (C=O) groups excluding carboxylic acids is 2. The Morgan fingerprint density at radius 2 is 2.25 bits per heavy atom.